The first-order valence-electron chi connectivity index (χ1n) is 9.40. The molecule has 2 atom stereocenters. The van der Waals surface area contributed by atoms with Crippen molar-refractivity contribution in [3.05, 3.63) is 59.2 Å². The quantitative estimate of drug-likeness (QED) is 0.642. The first-order chi connectivity index (χ1) is 14.2. The van der Waals surface area contributed by atoms with Crippen LogP contribution in [0.5, 0.6) is 5.75 Å². The maximum Gasteiger partial charge on any atom is 0.256 e. The Kier molecular flexibility index (Phi) is 5.08. The lowest BCUT2D eigenvalue weighted by Crippen LogP contribution is -2.41. The summed E-state index contributed by atoms with van der Waals surface area (Å²) in [7, 11) is -3.44. The first kappa shape index (κ1) is 20.1. The molecule has 3 N–H and O–H groups in total. The van der Waals surface area contributed by atoms with E-state index in [-0.39, 0.29) is 30.5 Å². The fraction of sp³-hybridized carbons (Fsp3) is 0.238. The number of hydrogen-bond donors (Lipinski definition) is 3. The molecule has 0 radical (unpaired) electrons. The standard InChI is InChI=1S/C21H21N3O5S/c1-30(28,29)23-15-11-19-20(26)22-18-9-6-14(10-17(18)21(27)24(19)12-15)3-2-13-4-7-16(25)8-5-13/h2-10,15,19,23,25H,11-12H2,1H3,(H,22,26). The molecule has 2 unspecified atom stereocenters. The Morgan fingerprint density at radius 1 is 1.10 bits per heavy atom. The Labute approximate surface area is 174 Å². The molecule has 0 spiro atoms. The fourth-order valence-electron chi connectivity index (χ4n) is 3.80. The number of sulfonamides is 1. The van der Waals surface area contributed by atoms with E-state index in [1.807, 2.05) is 12.2 Å². The van der Waals surface area contributed by atoms with Crippen LogP contribution in [0.25, 0.3) is 12.2 Å². The highest BCUT2D eigenvalue weighted by atomic mass is 32.2. The van der Waals surface area contributed by atoms with Gasteiger partial charge in [0.25, 0.3) is 5.91 Å². The number of carbonyl (C=O) groups is 2. The number of amides is 2. The molecule has 2 aromatic carbocycles. The Bertz CT molecular complexity index is 1140. The van der Waals surface area contributed by atoms with Crippen LogP contribution in [0.4, 0.5) is 5.69 Å². The molecule has 4 rings (SSSR count). The molecular formula is C21H21N3O5S. The van der Waals surface area contributed by atoms with Gasteiger partial charge in [-0.15, -0.1) is 0 Å². The van der Waals surface area contributed by atoms with E-state index < -0.39 is 22.1 Å². The van der Waals surface area contributed by atoms with Gasteiger partial charge < -0.3 is 15.3 Å². The third kappa shape index (κ3) is 4.22. The summed E-state index contributed by atoms with van der Waals surface area (Å²) in [4.78, 5) is 27.2. The van der Waals surface area contributed by atoms with Gasteiger partial charge in [0, 0.05) is 12.6 Å². The van der Waals surface area contributed by atoms with Gasteiger partial charge in [-0.25, -0.2) is 13.1 Å². The van der Waals surface area contributed by atoms with Crippen molar-refractivity contribution in [1.29, 1.82) is 0 Å². The van der Waals surface area contributed by atoms with Crippen molar-refractivity contribution in [2.75, 3.05) is 18.1 Å². The van der Waals surface area contributed by atoms with Crippen LogP contribution in [0.15, 0.2) is 42.5 Å². The highest BCUT2D eigenvalue weighted by molar-refractivity contribution is 7.88. The second-order valence-electron chi connectivity index (χ2n) is 7.52. The topological polar surface area (TPSA) is 116 Å². The summed E-state index contributed by atoms with van der Waals surface area (Å²) in [6.07, 6.45) is 4.97. The molecule has 0 aliphatic carbocycles. The Morgan fingerprint density at radius 3 is 2.47 bits per heavy atom. The number of benzene rings is 2. The minimum absolute atomic E-state index is 0.136. The van der Waals surface area contributed by atoms with Crippen molar-refractivity contribution in [2.45, 2.75) is 18.5 Å². The number of nitrogens with zero attached hydrogens (tertiary/aromatic N) is 1. The zero-order chi connectivity index (χ0) is 21.5. The van der Waals surface area contributed by atoms with Crippen LogP contribution in [0, 0.1) is 0 Å². The molecule has 8 nitrogen and oxygen atoms in total. The van der Waals surface area contributed by atoms with Crippen molar-refractivity contribution >= 4 is 39.7 Å². The van der Waals surface area contributed by atoms with E-state index in [0.29, 0.717) is 11.3 Å². The van der Waals surface area contributed by atoms with Gasteiger partial charge in [-0.05, 0) is 41.8 Å². The zero-order valence-corrected chi connectivity index (χ0v) is 17.0. The molecule has 2 amide bonds. The number of fused-ring (bicyclic) bond motifs is 2. The number of anilines is 1. The molecule has 0 saturated carbocycles. The summed E-state index contributed by atoms with van der Waals surface area (Å²) in [5, 5.41) is 12.2. The number of nitrogens with one attached hydrogen (secondary N) is 2. The maximum absolute atomic E-state index is 13.1. The average Bonchev–Trinajstić information content (AvgIpc) is 3.06. The molecule has 156 valence electrons. The van der Waals surface area contributed by atoms with E-state index in [9.17, 15) is 23.1 Å². The number of hydrogen-bond acceptors (Lipinski definition) is 5. The van der Waals surface area contributed by atoms with E-state index in [0.717, 1.165) is 17.4 Å². The Morgan fingerprint density at radius 2 is 1.77 bits per heavy atom. The van der Waals surface area contributed by atoms with E-state index in [1.54, 1.807) is 42.5 Å². The van der Waals surface area contributed by atoms with Gasteiger partial charge in [-0.2, -0.15) is 0 Å². The summed E-state index contributed by atoms with van der Waals surface area (Å²) in [5.74, 6) is -0.458. The van der Waals surface area contributed by atoms with Gasteiger partial charge in [0.05, 0.1) is 17.5 Å². The lowest BCUT2D eigenvalue weighted by atomic mass is 10.1. The van der Waals surface area contributed by atoms with E-state index in [2.05, 4.69) is 10.0 Å². The van der Waals surface area contributed by atoms with E-state index >= 15 is 0 Å². The number of aromatic hydroxyl groups is 1. The van der Waals surface area contributed by atoms with Crippen molar-refractivity contribution in [2.24, 2.45) is 0 Å². The van der Waals surface area contributed by atoms with Crippen molar-refractivity contribution < 1.29 is 23.1 Å². The number of phenols is 1. The van der Waals surface area contributed by atoms with Crippen LogP contribution < -0.4 is 10.0 Å². The molecule has 0 aromatic heterocycles. The molecule has 30 heavy (non-hydrogen) atoms. The third-order valence-electron chi connectivity index (χ3n) is 5.14. The predicted molar refractivity (Wildman–Crippen MR) is 113 cm³/mol. The summed E-state index contributed by atoms with van der Waals surface area (Å²) < 4.78 is 25.6. The molecule has 1 fully saturated rings. The number of carbonyl (C=O) groups excluding carboxylic acids is 2. The van der Waals surface area contributed by atoms with Crippen LogP contribution in [-0.2, 0) is 14.8 Å². The van der Waals surface area contributed by atoms with Crippen LogP contribution >= 0.6 is 0 Å². The molecule has 2 heterocycles. The van der Waals surface area contributed by atoms with Gasteiger partial charge in [0.15, 0.2) is 0 Å². The van der Waals surface area contributed by atoms with Gasteiger partial charge in [0.1, 0.15) is 11.8 Å². The Balaban J connectivity index is 1.60. The van der Waals surface area contributed by atoms with Crippen LogP contribution in [-0.4, -0.2) is 55.1 Å². The molecule has 9 heteroatoms. The van der Waals surface area contributed by atoms with Crippen molar-refractivity contribution in [3.8, 4) is 5.75 Å². The smallest absolute Gasteiger partial charge is 0.256 e. The first-order valence-corrected chi connectivity index (χ1v) is 11.3. The zero-order valence-electron chi connectivity index (χ0n) is 16.2. The lowest BCUT2D eigenvalue weighted by Gasteiger charge is -2.20. The molecule has 2 aliphatic rings. The molecule has 2 aliphatic heterocycles. The van der Waals surface area contributed by atoms with Crippen molar-refractivity contribution in [1.82, 2.24) is 9.62 Å². The normalized spacial score (nSPS) is 21.3. The monoisotopic (exact) mass is 427 g/mol. The Hall–Kier alpha value is -3.17. The summed E-state index contributed by atoms with van der Waals surface area (Å²) in [6, 6.07) is 10.7. The minimum Gasteiger partial charge on any atom is -0.508 e. The van der Waals surface area contributed by atoms with Crippen LogP contribution in [0.2, 0.25) is 0 Å². The van der Waals surface area contributed by atoms with Gasteiger partial charge >= 0.3 is 0 Å². The molecule has 1 saturated heterocycles. The third-order valence-corrected chi connectivity index (χ3v) is 5.90. The predicted octanol–water partition coefficient (Wildman–Crippen LogP) is 1.65. The van der Waals surface area contributed by atoms with Crippen LogP contribution in [0.3, 0.4) is 0 Å². The van der Waals surface area contributed by atoms with E-state index in [4.69, 9.17) is 0 Å². The highest BCUT2D eigenvalue weighted by Gasteiger charge is 2.43. The largest absolute Gasteiger partial charge is 0.508 e. The SMILES string of the molecule is CS(=O)(=O)NC1CC2C(=O)Nc3ccc(C=Cc4ccc(O)cc4)cc3C(=O)N2C1. The maximum atomic E-state index is 13.1. The van der Waals surface area contributed by atoms with Gasteiger partial charge in [-0.1, -0.05) is 30.4 Å². The molecular weight excluding hydrogens is 406 g/mol. The molecule has 0 bridgehead atoms. The second kappa shape index (κ2) is 7.58. The van der Waals surface area contributed by atoms with E-state index in [1.165, 1.54) is 4.90 Å². The second-order valence-corrected chi connectivity index (χ2v) is 9.30. The van der Waals surface area contributed by atoms with Gasteiger partial charge in [0.2, 0.25) is 15.9 Å². The van der Waals surface area contributed by atoms with Crippen molar-refractivity contribution in [3.63, 3.8) is 0 Å². The number of phenolic OH excluding ortho intramolecular Hbond substituents is 1. The summed E-state index contributed by atoms with van der Waals surface area (Å²) in [6.45, 7) is 0.136. The number of rotatable bonds is 4. The average molecular weight is 427 g/mol. The lowest BCUT2D eigenvalue weighted by molar-refractivity contribution is -0.119. The van der Waals surface area contributed by atoms with Crippen LogP contribution in [0.1, 0.15) is 27.9 Å². The van der Waals surface area contributed by atoms with Gasteiger partial charge in [-0.3, -0.25) is 9.59 Å². The highest BCUT2D eigenvalue weighted by Crippen LogP contribution is 2.30. The summed E-state index contributed by atoms with van der Waals surface area (Å²) in [5.41, 5.74) is 2.46. The molecule has 2 aromatic rings. The minimum atomic E-state index is -3.44. The summed E-state index contributed by atoms with van der Waals surface area (Å²) >= 11 is 0. The fourth-order valence-corrected chi connectivity index (χ4v) is 4.57.